The third-order valence-corrected chi connectivity index (χ3v) is 32.7. The van der Waals surface area contributed by atoms with Crippen LogP contribution in [0.25, 0.3) is 131 Å². The number of amides is 3. The van der Waals surface area contributed by atoms with Gasteiger partial charge in [-0.15, -0.1) is 34.0 Å². The van der Waals surface area contributed by atoms with Gasteiger partial charge < -0.3 is 77.6 Å². The summed E-state index contributed by atoms with van der Waals surface area (Å²) in [6.07, 6.45) is 6.98. The molecule has 5 N–H and O–H groups in total. The van der Waals surface area contributed by atoms with Gasteiger partial charge >= 0.3 is 23.9 Å². The Labute approximate surface area is 842 Å². The van der Waals surface area contributed by atoms with E-state index in [9.17, 15) is 63.5 Å². The summed E-state index contributed by atoms with van der Waals surface area (Å²) in [5.41, 5.74) is 19.9. The maximum Gasteiger partial charge on any atom is 0.340 e. The van der Waals surface area contributed by atoms with E-state index in [1.165, 1.54) is 24.0 Å². The number of thiazole rings is 3. The van der Waals surface area contributed by atoms with Gasteiger partial charge in [-0.25, -0.2) is 44.3 Å². The molecule has 33 heteroatoms. The molecule has 5 atom stereocenters. The van der Waals surface area contributed by atoms with E-state index in [-0.39, 0.29) is 60.0 Å². The number of carboxylic acids is 2. The number of hydrogen-bond acceptors (Lipinski definition) is 24. The summed E-state index contributed by atoms with van der Waals surface area (Å²) in [5.74, 6) is -2.76. The topological polar surface area (TPSA) is 369 Å². The molecular weight excluding hydrogens is 1890 g/mol. The molecule has 4 aliphatic heterocycles. The van der Waals surface area contributed by atoms with Crippen molar-refractivity contribution >= 4 is 141 Å². The standard InChI is InChI=1S/C41H44N4O10S.C35H35FN4O3S.C35H36N4O4S/c1-21-38(56-22(2)42-21)29-13-9-24-18-25(10-12-28(24)43-29)33-32(23-6-4-3-5-7-23)27-11-8-26(19-30(27)45(33)20-31(46)44-14-16-53-17-15-44)40(52)55-41-36(49)34(47)35(48)37(54-41)39(50)51;1-21-34(44-22(2)37-21)29-13-9-24-18-25(10-12-28(24)38-29)33-32(23-6-4-3-5-7-23)27-11-8-26(35(36)42)19-30(27)40(33)20-31(41)39-14-16-43-17-15-39;1-21-34(44-22(2)36-21)29-13-9-24-18-25(10-12-28(24)37-29)33-32(23-6-4-3-5-7-23)27-11-8-26(35(41)42)19-30(27)39(33)20-31(40)38-14-16-43-17-15-38/h8-13,18-19,23,34-37,41,47-49H,3-7,14-17,20H2,1-2H3,(H,50,51);8-13,18-19,23H,3-7,14-17,20H2,1-2H3;8-13,18-19,23H,3-7,14-17,20H2,1-2H3,(H,41,42)/t34-,35-,36?,37-,41-;;/m0../s1. The molecule has 7 aliphatic rings. The fourth-order valence-corrected chi connectivity index (χ4v) is 25.0. The number of aromatic carboxylic acids is 1. The minimum atomic E-state index is -1.93. The van der Waals surface area contributed by atoms with Crippen LogP contribution in [-0.2, 0) is 62.5 Å². The summed E-state index contributed by atoms with van der Waals surface area (Å²) in [4.78, 5) is 128. The number of hydrogen-bond donors (Lipinski definition) is 5. The van der Waals surface area contributed by atoms with Crippen molar-refractivity contribution in [2.24, 2.45) is 0 Å². The molecule has 22 rings (SSSR count). The predicted molar refractivity (Wildman–Crippen MR) is 552 cm³/mol. The lowest BCUT2D eigenvalue weighted by atomic mass is 9.81. The maximum absolute atomic E-state index is 14.1. The number of halogens is 1. The summed E-state index contributed by atoms with van der Waals surface area (Å²) in [5, 5.41) is 59.2. The van der Waals surface area contributed by atoms with Crippen molar-refractivity contribution < 1.29 is 87.2 Å². The zero-order chi connectivity index (χ0) is 100.0. The normalized spacial score (nSPS) is 19.0. The van der Waals surface area contributed by atoms with Crippen LogP contribution in [0.5, 0.6) is 0 Å². The number of pyridine rings is 3. The largest absolute Gasteiger partial charge is 0.479 e. The number of nitrogens with zero attached hydrogens (tertiary/aromatic N) is 12. The molecule has 144 heavy (non-hydrogen) atoms. The molecule has 0 bridgehead atoms. The van der Waals surface area contributed by atoms with E-state index in [1.54, 1.807) is 75.3 Å². The third-order valence-electron chi connectivity index (χ3n) is 29.4. The summed E-state index contributed by atoms with van der Waals surface area (Å²) in [6.45, 7) is 18.4. The molecule has 6 aromatic carbocycles. The molecule has 0 spiro atoms. The first kappa shape index (κ1) is 98.6. The molecule has 13 heterocycles. The van der Waals surface area contributed by atoms with Gasteiger partial charge in [-0.05, 0) is 222 Å². The quantitative estimate of drug-likeness (QED) is 0.0349. The smallest absolute Gasteiger partial charge is 0.340 e. The van der Waals surface area contributed by atoms with E-state index in [0.717, 1.165) is 247 Å². The molecule has 3 amide bonds. The van der Waals surface area contributed by atoms with E-state index in [4.69, 9.17) is 38.6 Å². The number of aliphatic hydroxyl groups excluding tert-OH is 3. The minimum Gasteiger partial charge on any atom is -0.479 e. The van der Waals surface area contributed by atoms with Crippen LogP contribution in [0, 0.1) is 41.5 Å². The predicted octanol–water partition coefficient (Wildman–Crippen LogP) is 19.4. The highest BCUT2D eigenvalue weighted by molar-refractivity contribution is 7.15. The lowest BCUT2D eigenvalue weighted by Gasteiger charge is -2.37. The lowest BCUT2D eigenvalue weighted by Crippen LogP contribution is -2.60. The molecule has 0 radical (unpaired) electrons. The first-order chi connectivity index (χ1) is 69.7. The molecule has 746 valence electrons. The van der Waals surface area contributed by atoms with Crippen LogP contribution in [0.2, 0.25) is 0 Å². The summed E-state index contributed by atoms with van der Waals surface area (Å²) in [6, 6.07) is 45.2. The number of aryl methyl sites for hydroxylation is 6. The van der Waals surface area contributed by atoms with E-state index >= 15 is 0 Å². The molecule has 15 aromatic rings. The lowest BCUT2D eigenvalue weighted by molar-refractivity contribution is -0.278. The van der Waals surface area contributed by atoms with Gasteiger partial charge in [0.15, 0.2) is 6.10 Å². The van der Waals surface area contributed by atoms with Gasteiger partial charge in [0.1, 0.15) is 37.9 Å². The molecule has 9 aromatic heterocycles. The first-order valence-electron chi connectivity index (χ1n) is 49.9. The average Bonchev–Trinajstić information content (AvgIpc) is 1.59. The number of morpholine rings is 3. The van der Waals surface area contributed by atoms with Gasteiger partial charge in [-0.3, -0.25) is 19.2 Å². The van der Waals surface area contributed by atoms with Crippen LogP contribution in [0.1, 0.15) is 194 Å². The molecule has 4 saturated heterocycles. The molecule has 3 aliphatic carbocycles. The van der Waals surface area contributed by atoms with Gasteiger partial charge in [-0.1, -0.05) is 112 Å². The Morgan fingerprint density at radius 2 is 0.708 bits per heavy atom. The monoisotopic (exact) mass is 2000 g/mol. The van der Waals surface area contributed by atoms with Crippen molar-refractivity contribution in [2.45, 2.75) is 206 Å². The highest BCUT2D eigenvalue weighted by Gasteiger charge is 2.49. The fraction of sp³-hybridized carbons (Fsp3) is 0.396. The van der Waals surface area contributed by atoms with Crippen LogP contribution in [0.4, 0.5) is 4.39 Å². The van der Waals surface area contributed by atoms with Gasteiger partial charge in [-0.2, -0.15) is 4.39 Å². The zero-order valence-corrected chi connectivity index (χ0v) is 83.7. The maximum atomic E-state index is 14.1. The molecule has 7 fully saturated rings. The Morgan fingerprint density at radius 1 is 0.382 bits per heavy atom. The Morgan fingerprint density at radius 3 is 1.03 bits per heavy atom. The number of carbonyl (C=O) groups is 7. The van der Waals surface area contributed by atoms with E-state index in [1.807, 2.05) is 109 Å². The van der Waals surface area contributed by atoms with Crippen LogP contribution in [-0.4, -0.2) is 235 Å². The van der Waals surface area contributed by atoms with Crippen molar-refractivity contribution in [3.8, 4) is 65.5 Å². The fourth-order valence-electron chi connectivity index (χ4n) is 22.3. The van der Waals surface area contributed by atoms with Crippen molar-refractivity contribution in [2.75, 3.05) is 78.9 Å². The number of carbonyl (C=O) groups excluding carboxylic acids is 5. The van der Waals surface area contributed by atoms with Gasteiger partial charge in [0.2, 0.25) is 24.0 Å². The van der Waals surface area contributed by atoms with Crippen molar-refractivity contribution in [3.63, 3.8) is 0 Å². The number of ether oxygens (including phenoxy) is 5. The van der Waals surface area contributed by atoms with E-state index in [0.29, 0.717) is 96.3 Å². The minimum absolute atomic E-state index is 0.000605. The number of rotatable bonds is 20. The van der Waals surface area contributed by atoms with Gasteiger partial charge in [0, 0.05) is 71.6 Å². The number of esters is 1. The highest BCUT2D eigenvalue weighted by atomic mass is 32.1. The summed E-state index contributed by atoms with van der Waals surface area (Å²) < 4.78 is 47.3. The number of aromatic nitrogens is 9. The van der Waals surface area contributed by atoms with Crippen molar-refractivity contribution in [1.82, 2.24) is 58.3 Å². The Balaban J connectivity index is 0.000000133. The Bertz CT molecular complexity index is 7210. The molecule has 3 saturated carbocycles. The Hall–Kier alpha value is -12.8. The first-order valence-corrected chi connectivity index (χ1v) is 52.4. The number of aliphatic carboxylic acids is 1. The second kappa shape index (κ2) is 42.5. The summed E-state index contributed by atoms with van der Waals surface area (Å²) in [7, 11) is 0. The van der Waals surface area contributed by atoms with Crippen LogP contribution in [0.3, 0.4) is 0 Å². The summed E-state index contributed by atoms with van der Waals surface area (Å²) >= 11 is 4.92. The van der Waals surface area contributed by atoms with Gasteiger partial charge in [0.05, 0.1) is 170 Å². The van der Waals surface area contributed by atoms with Gasteiger partial charge in [0.25, 0.3) is 0 Å². The number of aliphatic hydroxyl groups is 3. The van der Waals surface area contributed by atoms with Crippen LogP contribution < -0.4 is 0 Å². The second-order valence-electron chi connectivity index (χ2n) is 38.7. The number of carboxylic acid groups (broad SMARTS) is 2. The molecule has 1 unspecified atom stereocenters. The highest BCUT2D eigenvalue weighted by Crippen LogP contribution is 2.51. The molecular formula is C111H115FN12O17S3. The van der Waals surface area contributed by atoms with Crippen LogP contribution in [0.15, 0.2) is 146 Å². The zero-order valence-electron chi connectivity index (χ0n) is 81.3. The third kappa shape index (κ3) is 20.2. The Kier molecular flexibility index (Phi) is 29.1. The van der Waals surface area contributed by atoms with Crippen molar-refractivity contribution in [3.05, 3.63) is 211 Å². The number of fused-ring (bicyclic) bond motifs is 6. The van der Waals surface area contributed by atoms with Crippen LogP contribution >= 0.6 is 34.0 Å². The van der Waals surface area contributed by atoms with E-state index in [2.05, 4.69) is 80.2 Å². The average molecular weight is 2000 g/mol. The second-order valence-corrected chi connectivity index (χ2v) is 42.3. The van der Waals surface area contributed by atoms with Crippen molar-refractivity contribution in [1.29, 1.82) is 0 Å². The van der Waals surface area contributed by atoms with E-state index < -0.39 is 54.7 Å². The molecule has 29 nitrogen and oxygen atoms in total. The number of benzene rings is 6. The SMILES string of the molecule is Cc1nc(C)c(-c2ccc3cc(-c4c(C5CCCCC5)c5ccc(C(=O)F)cc5n4CC(=O)N4CCOCC4)ccc3n2)s1.Cc1nc(C)c(-c2ccc3cc(-c4c(C5CCCCC5)c5ccc(C(=O)O)cc5n4CC(=O)N4CCOCC4)ccc3n2)s1.Cc1nc(C)c(-c2ccc3cc(-c4c(C5CCCCC5)c5ccc(C(=O)O[C@@H]6O[C@H](C(=O)O)[C@@H](O)[C@H](O)C6O)cc5n4CC(=O)N4CCOCC4)ccc3n2)s1.